The summed E-state index contributed by atoms with van der Waals surface area (Å²) in [5, 5.41) is 10.5. The number of para-hydroxylation sites is 1. The van der Waals surface area contributed by atoms with Crippen molar-refractivity contribution in [2.45, 2.75) is 24.3 Å². The van der Waals surface area contributed by atoms with E-state index >= 15 is 0 Å². The number of aromatic nitrogens is 4. The Kier molecular flexibility index (Phi) is 6.10. The zero-order valence-corrected chi connectivity index (χ0v) is 13.5. The van der Waals surface area contributed by atoms with Crippen LogP contribution < -0.4 is 0 Å². The highest BCUT2D eigenvalue weighted by Crippen LogP contribution is 2.25. The summed E-state index contributed by atoms with van der Waals surface area (Å²) in [6.45, 7) is 3.66. The number of carbonyl (C=O) groups is 2. The number of thioether (sulfide) groups is 1. The molecule has 2 aromatic rings. The summed E-state index contributed by atoms with van der Waals surface area (Å²) in [6.07, 6.45) is 0. The average Bonchev–Trinajstić information content (AvgIpc) is 3.02. The Morgan fingerprint density at radius 2 is 1.74 bits per heavy atom. The molecule has 0 amide bonds. The van der Waals surface area contributed by atoms with Crippen LogP contribution >= 0.6 is 11.8 Å². The lowest BCUT2D eigenvalue weighted by Gasteiger charge is -2.13. The smallest absolute Gasteiger partial charge is 0.331 e. The number of nitrogens with zero attached hydrogens (tertiary/aromatic N) is 4. The molecule has 1 aromatic carbocycles. The number of rotatable bonds is 7. The Morgan fingerprint density at radius 3 is 2.30 bits per heavy atom. The molecule has 0 aliphatic carbocycles. The summed E-state index contributed by atoms with van der Waals surface area (Å²) in [7, 11) is 0. The van der Waals surface area contributed by atoms with E-state index in [0.29, 0.717) is 10.8 Å². The topological polar surface area (TPSA) is 96.2 Å². The highest BCUT2D eigenvalue weighted by Gasteiger charge is 2.33. The van der Waals surface area contributed by atoms with E-state index in [4.69, 9.17) is 9.47 Å². The Hall–Kier alpha value is -2.42. The van der Waals surface area contributed by atoms with Gasteiger partial charge < -0.3 is 9.47 Å². The van der Waals surface area contributed by atoms with Crippen LogP contribution in [0.25, 0.3) is 5.69 Å². The van der Waals surface area contributed by atoms with E-state index in [1.807, 2.05) is 30.3 Å². The molecular weight excluding hydrogens is 320 g/mol. The van der Waals surface area contributed by atoms with Crippen LogP contribution in [0.15, 0.2) is 35.5 Å². The zero-order valence-electron chi connectivity index (χ0n) is 12.7. The third-order valence-electron chi connectivity index (χ3n) is 2.67. The fourth-order valence-electron chi connectivity index (χ4n) is 1.72. The maximum absolute atomic E-state index is 12.0. The summed E-state index contributed by atoms with van der Waals surface area (Å²) in [4.78, 5) is 24.0. The molecule has 0 fully saturated rings. The first-order valence-corrected chi connectivity index (χ1v) is 7.89. The molecule has 8 nitrogen and oxygen atoms in total. The summed E-state index contributed by atoms with van der Waals surface area (Å²) >= 11 is 0.891. The standard InChI is InChI=1S/C14H16N4O4S/c1-3-21-12(19)11(13(20)22-4-2)23-14-15-16-17-18(14)10-8-6-5-7-9-10/h5-9,11H,3-4H2,1-2H3. The number of hydrogen-bond donors (Lipinski definition) is 0. The summed E-state index contributed by atoms with van der Waals surface area (Å²) in [6, 6.07) is 9.15. The second-order valence-corrected chi connectivity index (χ2v) is 5.28. The normalized spacial score (nSPS) is 10.6. The van der Waals surface area contributed by atoms with Crippen molar-refractivity contribution in [3.8, 4) is 5.69 Å². The Morgan fingerprint density at radius 1 is 1.13 bits per heavy atom. The van der Waals surface area contributed by atoms with Crippen molar-refractivity contribution in [3.63, 3.8) is 0 Å². The van der Waals surface area contributed by atoms with E-state index in [-0.39, 0.29) is 13.2 Å². The van der Waals surface area contributed by atoms with Crippen LogP contribution in [0, 0.1) is 0 Å². The van der Waals surface area contributed by atoms with Crippen molar-refractivity contribution in [3.05, 3.63) is 30.3 Å². The minimum atomic E-state index is -1.18. The van der Waals surface area contributed by atoms with Gasteiger partial charge in [0.1, 0.15) is 0 Å². The maximum atomic E-state index is 12.0. The lowest BCUT2D eigenvalue weighted by molar-refractivity contribution is -0.152. The minimum absolute atomic E-state index is 0.166. The van der Waals surface area contributed by atoms with E-state index in [1.165, 1.54) is 4.68 Å². The average molecular weight is 336 g/mol. The van der Waals surface area contributed by atoms with Gasteiger partial charge in [0.15, 0.2) is 0 Å². The zero-order chi connectivity index (χ0) is 16.7. The number of hydrogen-bond acceptors (Lipinski definition) is 8. The van der Waals surface area contributed by atoms with Gasteiger partial charge in [-0.1, -0.05) is 30.0 Å². The summed E-state index contributed by atoms with van der Waals surface area (Å²) in [5.74, 6) is -1.36. The SMILES string of the molecule is CCOC(=O)C(Sc1nnnn1-c1ccccc1)C(=O)OCC. The fraction of sp³-hybridized carbons (Fsp3) is 0.357. The van der Waals surface area contributed by atoms with Gasteiger partial charge >= 0.3 is 11.9 Å². The number of esters is 2. The van der Waals surface area contributed by atoms with Crippen LogP contribution in [-0.2, 0) is 19.1 Å². The molecule has 122 valence electrons. The second-order valence-electron chi connectivity index (χ2n) is 4.21. The molecule has 0 spiro atoms. The van der Waals surface area contributed by atoms with Gasteiger partial charge in [-0.3, -0.25) is 9.59 Å². The van der Waals surface area contributed by atoms with E-state index < -0.39 is 17.2 Å². The van der Waals surface area contributed by atoms with Gasteiger partial charge in [0.05, 0.1) is 18.9 Å². The van der Waals surface area contributed by atoms with E-state index in [0.717, 1.165) is 11.8 Å². The van der Waals surface area contributed by atoms with Crippen molar-refractivity contribution in [2.75, 3.05) is 13.2 Å². The molecule has 0 atom stereocenters. The van der Waals surface area contributed by atoms with Crippen molar-refractivity contribution in [1.29, 1.82) is 0 Å². The quantitative estimate of drug-likeness (QED) is 0.423. The van der Waals surface area contributed by atoms with Gasteiger partial charge in [0.2, 0.25) is 10.4 Å². The molecule has 0 radical (unpaired) electrons. The van der Waals surface area contributed by atoms with Crippen LogP contribution in [0.1, 0.15) is 13.8 Å². The monoisotopic (exact) mass is 336 g/mol. The third-order valence-corrected chi connectivity index (χ3v) is 3.75. The van der Waals surface area contributed by atoms with Gasteiger partial charge in [-0.2, -0.15) is 4.68 Å². The molecule has 1 aromatic heterocycles. The van der Waals surface area contributed by atoms with E-state index in [2.05, 4.69) is 15.5 Å². The lowest BCUT2D eigenvalue weighted by atomic mass is 10.3. The Bertz CT molecular complexity index is 644. The van der Waals surface area contributed by atoms with E-state index in [1.54, 1.807) is 13.8 Å². The number of carbonyl (C=O) groups excluding carboxylic acids is 2. The van der Waals surface area contributed by atoms with Crippen LogP contribution in [0.2, 0.25) is 0 Å². The summed E-state index contributed by atoms with van der Waals surface area (Å²) < 4.78 is 11.3. The molecule has 23 heavy (non-hydrogen) atoms. The Labute approximate surface area is 137 Å². The van der Waals surface area contributed by atoms with Gasteiger partial charge in [0, 0.05) is 0 Å². The number of ether oxygens (including phenoxy) is 2. The molecule has 9 heteroatoms. The van der Waals surface area contributed by atoms with Gasteiger partial charge in [0.25, 0.3) is 0 Å². The van der Waals surface area contributed by atoms with Gasteiger partial charge in [-0.15, -0.1) is 5.10 Å². The number of benzene rings is 1. The maximum Gasteiger partial charge on any atom is 0.331 e. The molecule has 0 aliphatic heterocycles. The second kappa shape index (κ2) is 8.28. The first-order valence-electron chi connectivity index (χ1n) is 7.01. The minimum Gasteiger partial charge on any atom is -0.465 e. The first kappa shape index (κ1) is 16.9. The van der Waals surface area contributed by atoms with Crippen molar-refractivity contribution < 1.29 is 19.1 Å². The van der Waals surface area contributed by atoms with Crippen LogP contribution in [0.5, 0.6) is 0 Å². The molecule has 0 saturated heterocycles. The predicted molar refractivity (Wildman–Crippen MR) is 82.1 cm³/mol. The largest absolute Gasteiger partial charge is 0.465 e. The molecule has 1 heterocycles. The molecule has 2 rings (SSSR count). The molecule has 0 N–H and O–H groups in total. The first-order chi connectivity index (χ1) is 11.2. The van der Waals surface area contributed by atoms with Crippen molar-refractivity contribution in [2.24, 2.45) is 0 Å². The molecular formula is C14H16N4O4S. The van der Waals surface area contributed by atoms with Crippen molar-refractivity contribution >= 4 is 23.7 Å². The van der Waals surface area contributed by atoms with Crippen molar-refractivity contribution in [1.82, 2.24) is 20.2 Å². The lowest BCUT2D eigenvalue weighted by Crippen LogP contribution is -2.31. The molecule has 0 aliphatic rings. The fourth-order valence-corrected chi connectivity index (χ4v) is 2.58. The van der Waals surface area contributed by atoms with Crippen LogP contribution in [0.3, 0.4) is 0 Å². The highest BCUT2D eigenvalue weighted by atomic mass is 32.2. The summed E-state index contributed by atoms with van der Waals surface area (Å²) in [5.41, 5.74) is 0.714. The molecule has 0 saturated carbocycles. The van der Waals surface area contributed by atoms with Gasteiger partial charge in [-0.25, -0.2) is 0 Å². The number of tetrazole rings is 1. The molecule has 0 unspecified atom stereocenters. The molecule has 0 bridgehead atoms. The Balaban J connectivity index is 2.25. The van der Waals surface area contributed by atoms with Crippen LogP contribution in [0.4, 0.5) is 0 Å². The highest BCUT2D eigenvalue weighted by molar-refractivity contribution is 8.01. The van der Waals surface area contributed by atoms with Crippen LogP contribution in [-0.4, -0.2) is 50.6 Å². The predicted octanol–water partition coefficient (Wildman–Crippen LogP) is 1.25. The van der Waals surface area contributed by atoms with E-state index in [9.17, 15) is 9.59 Å². The third kappa shape index (κ3) is 4.28. The van der Waals surface area contributed by atoms with Gasteiger partial charge in [-0.05, 0) is 36.4 Å².